The van der Waals surface area contributed by atoms with Crippen molar-refractivity contribution in [1.82, 2.24) is 4.98 Å². The fraction of sp³-hybridized carbons (Fsp3) is 0.214. The lowest BCUT2D eigenvalue weighted by molar-refractivity contribution is -0.0128. The van der Waals surface area contributed by atoms with E-state index >= 15 is 0 Å². The first-order chi connectivity index (χ1) is 9.25. The molecule has 2 atom stereocenters. The number of nitrogens with zero attached hydrogens (tertiary/aromatic N) is 1. The lowest BCUT2D eigenvalue weighted by atomic mass is 10.1. The molecule has 2 heterocycles. The minimum Gasteiger partial charge on any atom is -0.486 e. The zero-order valence-corrected chi connectivity index (χ0v) is 9.99. The van der Waals surface area contributed by atoms with Crippen LogP contribution in [0.3, 0.4) is 0 Å². The molecule has 19 heavy (non-hydrogen) atoms. The Hall–Kier alpha value is -2.14. The van der Waals surface area contributed by atoms with Gasteiger partial charge in [0, 0.05) is 11.8 Å². The van der Waals surface area contributed by atoms with Crippen LogP contribution < -0.4 is 9.47 Å². The van der Waals surface area contributed by atoms with Crippen LogP contribution in [0.4, 0.5) is 4.39 Å². The number of hydrogen-bond acceptors (Lipinski definition) is 4. The Bertz CT molecular complexity index is 590. The van der Waals surface area contributed by atoms with Crippen molar-refractivity contribution in [1.29, 1.82) is 0 Å². The number of aliphatic hydroxyl groups is 1. The molecule has 0 radical (unpaired) electrons. The third-order valence-electron chi connectivity index (χ3n) is 3.01. The lowest BCUT2D eigenvalue weighted by Gasteiger charge is -2.29. The number of pyridine rings is 1. The van der Waals surface area contributed by atoms with Crippen LogP contribution >= 0.6 is 0 Å². The van der Waals surface area contributed by atoms with Gasteiger partial charge in [0.2, 0.25) is 0 Å². The molecular weight excluding hydrogens is 249 g/mol. The molecule has 0 spiro atoms. The summed E-state index contributed by atoms with van der Waals surface area (Å²) in [6.45, 7) is 0.167. The molecule has 1 N–H and O–H groups in total. The highest BCUT2D eigenvalue weighted by molar-refractivity contribution is 5.41. The first-order valence-electron chi connectivity index (χ1n) is 5.91. The van der Waals surface area contributed by atoms with Crippen molar-refractivity contribution < 1.29 is 19.0 Å². The number of aliphatic hydroxyl groups excluding tert-OH is 1. The number of ether oxygens (including phenoxy) is 2. The zero-order chi connectivity index (χ0) is 13.2. The van der Waals surface area contributed by atoms with Gasteiger partial charge in [0.05, 0.1) is 6.20 Å². The van der Waals surface area contributed by atoms with Gasteiger partial charge < -0.3 is 14.6 Å². The molecule has 4 nitrogen and oxygen atoms in total. The van der Waals surface area contributed by atoms with Crippen molar-refractivity contribution in [3.8, 4) is 11.5 Å². The summed E-state index contributed by atoms with van der Waals surface area (Å²) >= 11 is 0. The van der Waals surface area contributed by atoms with Crippen molar-refractivity contribution in [3.63, 3.8) is 0 Å². The maximum atomic E-state index is 13.6. The summed E-state index contributed by atoms with van der Waals surface area (Å²) < 4.78 is 24.7. The van der Waals surface area contributed by atoms with E-state index in [9.17, 15) is 9.50 Å². The van der Waals surface area contributed by atoms with Gasteiger partial charge in [0.15, 0.2) is 17.6 Å². The highest BCUT2D eigenvalue weighted by Gasteiger charge is 2.30. The van der Waals surface area contributed by atoms with Crippen molar-refractivity contribution in [2.75, 3.05) is 6.61 Å². The van der Waals surface area contributed by atoms with Gasteiger partial charge in [-0.1, -0.05) is 12.1 Å². The van der Waals surface area contributed by atoms with E-state index < -0.39 is 18.0 Å². The molecule has 0 saturated carbocycles. The zero-order valence-electron chi connectivity index (χ0n) is 9.99. The second-order valence-electron chi connectivity index (χ2n) is 4.26. The van der Waals surface area contributed by atoms with Crippen molar-refractivity contribution in [2.24, 2.45) is 0 Å². The standard InChI is InChI=1S/C14H12FNO3/c15-10-7-16-6-5-9(10)14(17)13-8-18-11-3-1-2-4-12(11)19-13/h1-7,13-14,17H,8H2. The summed E-state index contributed by atoms with van der Waals surface area (Å²) in [6.07, 6.45) is 0.748. The van der Waals surface area contributed by atoms with Crippen LogP contribution in [0.5, 0.6) is 11.5 Å². The smallest absolute Gasteiger partial charge is 0.163 e. The van der Waals surface area contributed by atoms with Crippen LogP contribution in [-0.4, -0.2) is 22.8 Å². The van der Waals surface area contributed by atoms with E-state index in [1.807, 2.05) is 12.1 Å². The average Bonchev–Trinajstić information content (AvgIpc) is 2.46. The molecule has 1 aliphatic rings. The van der Waals surface area contributed by atoms with Gasteiger partial charge >= 0.3 is 0 Å². The minimum atomic E-state index is -1.10. The van der Waals surface area contributed by atoms with E-state index in [1.165, 1.54) is 12.3 Å². The molecule has 0 aliphatic carbocycles. The number of hydrogen-bond donors (Lipinski definition) is 1. The number of aromatic nitrogens is 1. The van der Waals surface area contributed by atoms with E-state index in [1.54, 1.807) is 12.1 Å². The summed E-state index contributed by atoms with van der Waals surface area (Å²) in [5.41, 5.74) is 0.156. The van der Waals surface area contributed by atoms with Crippen LogP contribution in [0.2, 0.25) is 0 Å². The third-order valence-corrected chi connectivity index (χ3v) is 3.01. The molecule has 0 amide bonds. The third kappa shape index (κ3) is 2.24. The first-order valence-corrected chi connectivity index (χ1v) is 5.91. The quantitative estimate of drug-likeness (QED) is 0.899. The Morgan fingerprint density at radius 2 is 2.05 bits per heavy atom. The van der Waals surface area contributed by atoms with Gasteiger partial charge in [-0.3, -0.25) is 4.98 Å². The van der Waals surface area contributed by atoms with E-state index in [2.05, 4.69) is 4.98 Å². The fourth-order valence-electron chi connectivity index (χ4n) is 2.02. The molecule has 5 heteroatoms. The summed E-state index contributed by atoms with van der Waals surface area (Å²) in [4.78, 5) is 3.65. The Labute approximate surface area is 109 Å². The molecular formula is C14H12FNO3. The molecule has 3 rings (SSSR count). The second-order valence-corrected chi connectivity index (χ2v) is 4.26. The maximum absolute atomic E-state index is 13.6. The second kappa shape index (κ2) is 4.85. The number of halogens is 1. The largest absolute Gasteiger partial charge is 0.486 e. The molecule has 0 fully saturated rings. The number of rotatable bonds is 2. The van der Waals surface area contributed by atoms with Crippen LogP contribution in [0.15, 0.2) is 42.7 Å². The molecule has 98 valence electrons. The van der Waals surface area contributed by atoms with Crippen LogP contribution in [0.1, 0.15) is 11.7 Å². The monoisotopic (exact) mass is 261 g/mol. The lowest BCUT2D eigenvalue weighted by Crippen LogP contribution is -2.35. The predicted octanol–water partition coefficient (Wildman–Crippen LogP) is 2.09. The van der Waals surface area contributed by atoms with Crippen LogP contribution in [0.25, 0.3) is 0 Å². The minimum absolute atomic E-state index is 0.156. The fourth-order valence-corrected chi connectivity index (χ4v) is 2.02. The Balaban J connectivity index is 1.83. The number of fused-ring (bicyclic) bond motifs is 1. The molecule has 2 unspecified atom stereocenters. The molecule has 1 aromatic heterocycles. The normalized spacial score (nSPS) is 18.9. The van der Waals surface area contributed by atoms with Crippen molar-refractivity contribution in [2.45, 2.75) is 12.2 Å². The Morgan fingerprint density at radius 1 is 1.26 bits per heavy atom. The molecule has 0 bridgehead atoms. The summed E-state index contributed by atoms with van der Waals surface area (Å²) in [5, 5.41) is 10.2. The highest BCUT2D eigenvalue weighted by Crippen LogP contribution is 2.34. The Kier molecular flexibility index (Phi) is 3.05. The average molecular weight is 261 g/mol. The highest BCUT2D eigenvalue weighted by atomic mass is 19.1. The van der Waals surface area contributed by atoms with Gasteiger partial charge in [-0.2, -0.15) is 0 Å². The molecule has 1 aliphatic heterocycles. The molecule has 0 saturated heterocycles. The van der Waals surface area contributed by atoms with Gasteiger partial charge in [-0.25, -0.2) is 4.39 Å². The van der Waals surface area contributed by atoms with Gasteiger partial charge in [0.25, 0.3) is 0 Å². The van der Waals surface area contributed by atoms with E-state index in [0.717, 1.165) is 6.20 Å². The van der Waals surface area contributed by atoms with E-state index in [0.29, 0.717) is 11.5 Å². The van der Waals surface area contributed by atoms with Crippen molar-refractivity contribution in [3.05, 3.63) is 54.1 Å². The maximum Gasteiger partial charge on any atom is 0.163 e. The number of benzene rings is 1. The number of para-hydroxylation sites is 2. The first kappa shape index (κ1) is 11.9. The molecule has 2 aromatic rings. The van der Waals surface area contributed by atoms with Gasteiger partial charge in [-0.05, 0) is 18.2 Å². The predicted molar refractivity (Wildman–Crippen MR) is 65.5 cm³/mol. The topological polar surface area (TPSA) is 51.6 Å². The van der Waals surface area contributed by atoms with Gasteiger partial charge in [0.1, 0.15) is 18.5 Å². The Morgan fingerprint density at radius 3 is 2.84 bits per heavy atom. The molecule has 1 aromatic carbocycles. The van der Waals surface area contributed by atoms with Crippen molar-refractivity contribution >= 4 is 0 Å². The van der Waals surface area contributed by atoms with Crippen LogP contribution in [0, 0.1) is 5.82 Å². The SMILES string of the molecule is OC(c1ccncc1F)C1COc2ccccc2O1. The summed E-state index contributed by atoms with van der Waals surface area (Å²) in [6, 6.07) is 8.61. The van der Waals surface area contributed by atoms with Gasteiger partial charge in [-0.15, -0.1) is 0 Å². The summed E-state index contributed by atoms with van der Waals surface area (Å²) in [5.74, 6) is 0.617. The van der Waals surface area contributed by atoms with E-state index in [4.69, 9.17) is 9.47 Å². The summed E-state index contributed by atoms with van der Waals surface area (Å²) in [7, 11) is 0. The van der Waals surface area contributed by atoms with Crippen LogP contribution in [-0.2, 0) is 0 Å². The van der Waals surface area contributed by atoms with E-state index in [-0.39, 0.29) is 12.2 Å².